The fourth-order valence-electron chi connectivity index (χ4n) is 2.77. The third-order valence-electron chi connectivity index (χ3n) is 3.94. The average Bonchev–Trinajstić information content (AvgIpc) is 2.95. The third-order valence-corrected chi connectivity index (χ3v) is 3.94. The van der Waals surface area contributed by atoms with Gasteiger partial charge in [0.25, 0.3) is 5.69 Å². The van der Waals surface area contributed by atoms with Crippen molar-refractivity contribution in [3.8, 4) is 0 Å². The number of benzene rings is 2. The van der Waals surface area contributed by atoms with Gasteiger partial charge in [-0.15, -0.1) is 0 Å². The van der Waals surface area contributed by atoms with E-state index < -0.39 is 4.92 Å². The number of nitro benzene ring substituents is 1. The van der Waals surface area contributed by atoms with Crippen LogP contribution in [0.3, 0.4) is 0 Å². The summed E-state index contributed by atoms with van der Waals surface area (Å²) < 4.78 is 5.09. The van der Waals surface area contributed by atoms with Crippen molar-refractivity contribution in [3.63, 3.8) is 0 Å². The van der Waals surface area contributed by atoms with E-state index in [2.05, 4.69) is 9.98 Å². The van der Waals surface area contributed by atoms with Gasteiger partial charge in [-0.05, 0) is 38.1 Å². The van der Waals surface area contributed by atoms with Gasteiger partial charge in [-0.1, -0.05) is 12.1 Å². The standard InChI is InChI=1S/C19H17N3O4/c1-3-26-19(23)18-12(2)21-16-10-14(8-9-15(16)18)20-11-13-6-4-5-7-17(13)22(24)25/h4-11,21H,3H2,1-2H3. The second-order valence-corrected chi connectivity index (χ2v) is 5.65. The molecule has 0 spiro atoms. The van der Waals surface area contributed by atoms with Crippen LogP contribution in [0, 0.1) is 17.0 Å². The van der Waals surface area contributed by atoms with E-state index in [0.717, 1.165) is 16.6 Å². The summed E-state index contributed by atoms with van der Waals surface area (Å²) in [5.41, 5.74) is 3.02. The number of ether oxygens (including phenoxy) is 1. The third kappa shape index (κ3) is 3.32. The Morgan fingerprint density at radius 1 is 1.31 bits per heavy atom. The first-order chi connectivity index (χ1) is 12.5. The Morgan fingerprint density at radius 2 is 2.08 bits per heavy atom. The van der Waals surface area contributed by atoms with Gasteiger partial charge in [0, 0.05) is 28.9 Å². The lowest BCUT2D eigenvalue weighted by Crippen LogP contribution is -2.05. The molecule has 0 aliphatic carbocycles. The molecule has 0 aliphatic rings. The summed E-state index contributed by atoms with van der Waals surface area (Å²) in [4.78, 5) is 30.2. The fourth-order valence-corrected chi connectivity index (χ4v) is 2.77. The summed E-state index contributed by atoms with van der Waals surface area (Å²) in [7, 11) is 0. The highest BCUT2D eigenvalue weighted by Crippen LogP contribution is 2.27. The van der Waals surface area contributed by atoms with E-state index in [0.29, 0.717) is 23.4 Å². The van der Waals surface area contributed by atoms with E-state index in [9.17, 15) is 14.9 Å². The summed E-state index contributed by atoms with van der Waals surface area (Å²) in [5.74, 6) is -0.368. The molecular formula is C19H17N3O4. The van der Waals surface area contributed by atoms with Crippen molar-refractivity contribution >= 4 is 34.5 Å². The number of aryl methyl sites for hydroxylation is 1. The predicted octanol–water partition coefficient (Wildman–Crippen LogP) is 4.31. The van der Waals surface area contributed by atoms with Crippen molar-refractivity contribution in [1.29, 1.82) is 0 Å². The highest BCUT2D eigenvalue weighted by molar-refractivity contribution is 6.06. The SMILES string of the molecule is CCOC(=O)c1c(C)[nH]c2cc(N=Cc3ccccc3[N+](=O)[O-])ccc12. The maximum absolute atomic E-state index is 12.1. The van der Waals surface area contributed by atoms with Crippen LogP contribution in [0.4, 0.5) is 11.4 Å². The summed E-state index contributed by atoms with van der Waals surface area (Å²) in [6, 6.07) is 11.7. The molecule has 0 atom stereocenters. The zero-order valence-electron chi connectivity index (χ0n) is 14.4. The quantitative estimate of drug-likeness (QED) is 0.320. The minimum Gasteiger partial charge on any atom is -0.462 e. The van der Waals surface area contributed by atoms with Crippen LogP contribution < -0.4 is 0 Å². The Balaban J connectivity index is 1.96. The second-order valence-electron chi connectivity index (χ2n) is 5.65. The van der Waals surface area contributed by atoms with Gasteiger partial charge in [-0.3, -0.25) is 15.1 Å². The Morgan fingerprint density at radius 3 is 2.81 bits per heavy atom. The molecule has 132 valence electrons. The van der Waals surface area contributed by atoms with Crippen molar-refractivity contribution < 1.29 is 14.5 Å². The first-order valence-corrected chi connectivity index (χ1v) is 8.08. The van der Waals surface area contributed by atoms with Crippen LogP contribution in [0.2, 0.25) is 0 Å². The molecule has 3 aromatic rings. The van der Waals surface area contributed by atoms with Crippen LogP contribution in [0.25, 0.3) is 10.9 Å². The van der Waals surface area contributed by atoms with E-state index in [-0.39, 0.29) is 11.7 Å². The van der Waals surface area contributed by atoms with Crippen molar-refractivity contribution in [2.45, 2.75) is 13.8 Å². The fraction of sp³-hybridized carbons (Fsp3) is 0.158. The molecule has 7 heteroatoms. The van der Waals surface area contributed by atoms with Crippen molar-refractivity contribution in [2.24, 2.45) is 4.99 Å². The zero-order valence-corrected chi connectivity index (χ0v) is 14.4. The van der Waals surface area contributed by atoms with Gasteiger partial charge in [0.2, 0.25) is 0 Å². The Kier molecular flexibility index (Phi) is 4.79. The van der Waals surface area contributed by atoms with E-state index in [1.807, 2.05) is 6.92 Å². The smallest absolute Gasteiger partial charge is 0.340 e. The van der Waals surface area contributed by atoms with E-state index >= 15 is 0 Å². The highest BCUT2D eigenvalue weighted by Gasteiger charge is 2.17. The molecule has 0 radical (unpaired) electrons. The van der Waals surface area contributed by atoms with Crippen LogP contribution in [-0.4, -0.2) is 28.7 Å². The van der Waals surface area contributed by atoms with Crippen LogP contribution in [0.1, 0.15) is 28.5 Å². The molecule has 0 bridgehead atoms. The number of para-hydroxylation sites is 1. The number of hydrogen-bond donors (Lipinski definition) is 1. The molecule has 1 aromatic heterocycles. The lowest BCUT2D eigenvalue weighted by atomic mass is 10.1. The van der Waals surface area contributed by atoms with Crippen LogP contribution in [0.5, 0.6) is 0 Å². The van der Waals surface area contributed by atoms with Crippen molar-refractivity contribution in [1.82, 2.24) is 4.98 Å². The van der Waals surface area contributed by atoms with Gasteiger partial charge >= 0.3 is 5.97 Å². The number of H-pyrrole nitrogens is 1. The molecule has 0 fully saturated rings. The van der Waals surface area contributed by atoms with Gasteiger partial charge in [0.1, 0.15) is 0 Å². The van der Waals surface area contributed by atoms with Crippen molar-refractivity contribution in [3.05, 3.63) is 69.4 Å². The molecule has 0 aliphatic heterocycles. The number of fused-ring (bicyclic) bond motifs is 1. The number of nitrogens with one attached hydrogen (secondary N) is 1. The summed E-state index contributed by atoms with van der Waals surface area (Å²) in [6.07, 6.45) is 1.46. The maximum Gasteiger partial charge on any atom is 0.340 e. The zero-order chi connectivity index (χ0) is 18.7. The van der Waals surface area contributed by atoms with E-state index in [4.69, 9.17) is 4.74 Å². The number of carbonyl (C=O) groups is 1. The van der Waals surface area contributed by atoms with Crippen molar-refractivity contribution in [2.75, 3.05) is 6.61 Å². The minimum absolute atomic E-state index is 0.00218. The molecule has 3 rings (SSSR count). The van der Waals surface area contributed by atoms with Gasteiger partial charge in [-0.2, -0.15) is 0 Å². The van der Waals surface area contributed by atoms with Crippen LogP contribution in [-0.2, 0) is 4.74 Å². The monoisotopic (exact) mass is 351 g/mol. The first-order valence-electron chi connectivity index (χ1n) is 8.08. The topological polar surface area (TPSA) is 97.6 Å². The number of esters is 1. The number of nitrogens with zero attached hydrogens (tertiary/aromatic N) is 2. The lowest BCUT2D eigenvalue weighted by Gasteiger charge is -2.01. The molecular weight excluding hydrogens is 334 g/mol. The number of hydrogen-bond acceptors (Lipinski definition) is 5. The Bertz CT molecular complexity index is 1020. The van der Waals surface area contributed by atoms with Crippen LogP contribution >= 0.6 is 0 Å². The summed E-state index contributed by atoms with van der Waals surface area (Å²) in [5, 5.41) is 11.8. The average molecular weight is 351 g/mol. The Hall–Kier alpha value is -3.48. The molecule has 1 heterocycles. The highest BCUT2D eigenvalue weighted by atomic mass is 16.6. The number of rotatable bonds is 5. The van der Waals surface area contributed by atoms with Gasteiger partial charge in [-0.25, -0.2) is 4.79 Å². The number of carbonyl (C=O) groups excluding carboxylic acids is 1. The molecule has 7 nitrogen and oxygen atoms in total. The maximum atomic E-state index is 12.1. The van der Waals surface area contributed by atoms with E-state index in [1.165, 1.54) is 12.3 Å². The number of aromatic amines is 1. The molecule has 0 saturated carbocycles. The van der Waals surface area contributed by atoms with Gasteiger partial charge < -0.3 is 9.72 Å². The molecule has 0 unspecified atom stereocenters. The summed E-state index contributed by atoms with van der Waals surface area (Å²) in [6.45, 7) is 3.88. The molecule has 2 aromatic carbocycles. The Labute approximate surface area is 149 Å². The first kappa shape index (κ1) is 17.3. The summed E-state index contributed by atoms with van der Waals surface area (Å²) >= 11 is 0. The molecule has 0 amide bonds. The predicted molar refractivity (Wildman–Crippen MR) is 99.3 cm³/mol. The largest absolute Gasteiger partial charge is 0.462 e. The van der Waals surface area contributed by atoms with Gasteiger partial charge in [0.05, 0.1) is 28.3 Å². The minimum atomic E-state index is -0.440. The van der Waals surface area contributed by atoms with E-state index in [1.54, 1.807) is 43.3 Å². The number of aromatic nitrogens is 1. The normalized spacial score (nSPS) is 11.2. The lowest BCUT2D eigenvalue weighted by molar-refractivity contribution is -0.385. The second kappa shape index (κ2) is 7.18. The number of aliphatic imine (C=N–C) groups is 1. The van der Waals surface area contributed by atoms with Crippen LogP contribution in [0.15, 0.2) is 47.5 Å². The molecule has 0 saturated heterocycles. The molecule has 1 N–H and O–H groups in total. The number of nitro groups is 1. The molecule has 26 heavy (non-hydrogen) atoms. The van der Waals surface area contributed by atoms with Gasteiger partial charge in [0.15, 0.2) is 0 Å².